The zero-order valence-corrected chi connectivity index (χ0v) is 14.7. The van der Waals surface area contributed by atoms with Crippen LogP contribution in [0.15, 0.2) is 35.8 Å². The Hall–Kier alpha value is -1.40. The molecule has 0 amide bonds. The van der Waals surface area contributed by atoms with Gasteiger partial charge in [-0.3, -0.25) is 0 Å². The van der Waals surface area contributed by atoms with Gasteiger partial charge in [-0.1, -0.05) is 31.4 Å². The summed E-state index contributed by atoms with van der Waals surface area (Å²) in [7, 11) is -3.05. The van der Waals surface area contributed by atoms with Crippen LogP contribution < -0.4 is 5.32 Å². The van der Waals surface area contributed by atoms with Crippen molar-refractivity contribution in [1.82, 2.24) is 4.98 Å². The topological polar surface area (TPSA) is 59.1 Å². The fourth-order valence-electron chi connectivity index (χ4n) is 3.06. The normalized spacial score (nSPS) is 16.3. The van der Waals surface area contributed by atoms with E-state index in [9.17, 15) is 8.42 Å². The summed E-state index contributed by atoms with van der Waals surface area (Å²) < 4.78 is 25.2. The highest BCUT2D eigenvalue weighted by Crippen LogP contribution is 2.26. The number of nitrogens with zero attached hydrogens (tertiary/aromatic N) is 1. The van der Waals surface area contributed by atoms with Gasteiger partial charge in [0.1, 0.15) is 5.01 Å². The zero-order valence-electron chi connectivity index (χ0n) is 13.1. The second-order valence-corrected chi connectivity index (χ2v) is 9.31. The molecule has 0 aliphatic heterocycles. The van der Waals surface area contributed by atoms with Crippen LogP contribution in [0.2, 0.25) is 0 Å². The van der Waals surface area contributed by atoms with Crippen LogP contribution in [0.4, 0.5) is 5.69 Å². The number of anilines is 1. The first kappa shape index (κ1) is 16.5. The van der Waals surface area contributed by atoms with E-state index < -0.39 is 9.84 Å². The summed E-state index contributed by atoms with van der Waals surface area (Å²) in [5, 5.41) is 6.12. The van der Waals surface area contributed by atoms with Crippen molar-refractivity contribution in [1.29, 1.82) is 0 Å². The van der Waals surface area contributed by atoms with Crippen molar-refractivity contribution in [3.63, 3.8) is 0 Å². The number of rotatable bonds is 6. The maximum atomic E-state index is 12.6. The Morgan fingerprint density at radius 2 is 2.04 bits per heavy atom. The monoisotopic (exact) mass is 350 g/mol. The molecule has 1 N–H and O–H groups in total. The lowest BCUT2D eigenvalue weighted by Crippen LogP contribution is -2.25. The van der Waals surface area contributed by atoms with Crippen molar-refractivity contribution in [3.8, 4) is 0 Å². The van der Waals surface area contributed by atoms with Gasteiger partial charge in [0.25, 0.3) is 0 Å². The molecule has 1 fully saturated rings. The second kappa shape index (κ2) is 7.45. The van der Waals surface area contributed by atoms with Gasteiger partial charge in [-0.05, 0) is 30.5 Å². The predicted octanol–water partition coefficient (Wildman–Crippen LogP) is 4.00. The summed E-state index contributed by atoms with van der Waals surface area (Å²) in [6.07, 6.45) is 6.68. The Morgan fingerprint density at radius 3 is 2.78 bits per heavy atom. The Kier molecular flexibility index (Phi) is 5.33. The van der Waals surface area contributed by atoms with E-state index in [2.05, 4.69) is 10.3 Å². The first-order valence-electron chi connectivity index (χ1n) is 8.06. The van der Waals surface area contributed by atoms with Crippen molar-refractivity contribution < 1.29 is 8.42 Å². The van der Waals surface area contributed by atoms with E-state index >= 15 is 0 Å². The van der Waals surface area contributed by atoms with Crippen LogP contribution in [0.1, 0.15) is 42.7 Å². The Morgan fingerprint density at radius 1 is 1.22 bits per heavy atom. The summed E-state index contributed by atoms with van der Waals surface area (Å²) in [5.74, 6) is 0.143. The van der Waals surface area contributed by atoms with Crippen LogP contribution in [-0.2, 0) is 22.1 Å². The van der Waals surface area contributed by atoms with Crippen LogP contribution in [-0.4, -0.2) is 18.7 Å². The molecule has 1 aromatic heterocycles. The van der Waals surface area contributed by atoms with Gasteiger partial charge in [0.15, 0.2) is 9.84 Å². The third-order valence-corrected chi connectivity index (χ3v) is 7.28. The quantitative estimate of drug-likeness (QED) is 0.855. The minimum atomic E-state index is -3.05. The first-order valence-corrected chi connectivity index (χ1v) is 10.7. The standard InChI is InChI=1S/C17H22N2O2S2/c20-23(21,16-7-2-1-3-8-16)13-14-5-4-6-15(11-14)19-12-17-18-9-10-22-17/h4-6,9-11,16,19H,1-3,7-8,12-13H2. The van der Waals surface area contributed by atoms with Crippen molar-refractivity contribution in [3.05, 3.63) is 46.4 Å². The average Bonchev–Trinajstić information content (AvgIpc) is 3.07. The Bertz CT molecular complexity index is 721. The van der Waals surface area contributed by atoms with Gasteiger partial charge in [0.2, 0.25) is 0 Å². The summed E-state index contributed by atoms with van der Waals surface area (Å²) >= 11 is 1.61. The largest absolute Gasteiger partial charge is 0.379 e. The summed E-state index contributed by atoms with van der Waals surface area (Å²) in [6, 6.07) is 7.71. The maximum absolute atomic E-state index is 12.6. The highest BCUT2D eigenvalue weighted by atomic mass is 32.2. The molecule has 23 heavy (non-hydrogen) atoms. The third-order valence-electron chi connectivity index (χ3n) is 4.28. The lowest BCUT2D eigenvalue weighted by molar-refractivity contribution is 0.483. The third kappa shape index (κ3) is 4.54. The number of hydrogen-bond donors (Lipinski definition) is 1. The molecule has 4 nitrogen and oxygen atoms in total. The number of thiazole rings is 1. The van der Waals surface area contributed by atoms with E-state index in [0.29, 0.717) is 6.54 Å². The average molecular weight is 351 g/mol. The van der Waals surface area contributed by atoms with Crippen LogP contribution in [0.3, 0.4) is 0 Å². The fourth-order valence-corrected chi connectivity index (χ4v) is 5.55. The van der Waals surface area contributed by atoms with Crippen molar-refractivity contribution in [2.45, 2.75) is 49.7 Å². The lowest BCUT2D eigenvalue weighted by atomic mass is 10.0. The van der Waals surface area contributed by atoms with E-state index in [4.69, 9.17) is 0 Å². The van der Waals surface area contributed by atoms with Crippen LogP contribution in [0.25, 0.3) is 0 Å². The lowest BCUT2D eigenvalue weighted by Gasteiger charge is -2.21. The molecule has 124 valence electrons. The van der Waals surface area contributed by atoms with Crippen molar-refractivity contribution in [2.75, 3.05) is 5.32 Å². The molecule has 0 unspecified atom stereocenters. The van der Waals surface area contributed by atoms with Crippen LogP contribution in [0, 0.1) is 0 Å². The maximum Gasteiger partial charge on any atom is 0.157 e. The highest BCUT2D eigenvalue weighted by Gasteiger charge is 2.27. The molecule has 0 spiro atoms. The van der Waals surface area contributed by atoms with Gasteiger partial charge < -0.3 is 5.32 Å². The minimum Gasteiger partial charge on any atom is -0.379 e. The predicted molar refractivity (Wildman–Crippen MR) is 95.4 cm³/mol. The number of nitrogens with one attached hydrogen (secondary N) is 1. The van der Waals surface area contributed by atoms with Gasteiger partial charge in [0, 0.05) is 17.3 Å². The molecule has 0 bridgehead atoms. The Labute approximate surface area is 141 Å². The van der Waals surface area contributed by atoms with Gasteiger partial charge in [-0.15, -0.1) is 11.3 Å². The molecule has 6 heteroatoms. The number of hydrogen-bond acceptors (Lipinski definition) is 5. The molecule has 3 rings (SSSR count). The first-order chi connectivity index (χ1) is 11.1. The number of sulfone groups is 1. The summed E-state index contributed by atoms with van der Waals surface area (Å²) in [6.45, 7) is 0.663. The summed E-state index contributed by atoms with van der Waals surface area (Å²) in [5.41, 5.74) is 1.80. The van der Waals surface area contributed by atoms with E-state index in [1.165, 1.54) is 6.42 Å². The number of aromatic nitrogens is 1. The zero-order chi connectivity index (χ0) is 16.1. The van der Waals surface area contributed by atoms with Crippen molar-refractivity contribution >= 4 is 26.9 Å². The molecule has 1 aromatic carbocycles. The van der Waals surface area contributed by atoms with Crippen LogP contribution in [0.5, 0.6) is 0 Å². The molecule has 0 radical (unpaired) electrons. The molecule has 0 atom stereocenters. The Balaban J connectivity index is 1.64. The molecular formula is C17H22N2O2S2. The SMILES string of the molecule is O=S(=O)(Cc1cccc(NCc2nccs2)c1)C1CCCCC1. The summed E-state index contributed by atoms with van der Waals surface area (Å²) in [4.78, 5) is 4.23. The number of benzene rings is 1. The van der Waals surface area contributed by atoms with Gasteiger partial charge in [-0.25, -0.2) is 13.4 Å². The molecule has 0 saturated heterocycles. The fraction of sp³-hybridized carbons (Fsp3) is 0.471. The van der Waals surface area contributed by atoms with Crippen molar-refractivity contribution in [2.24, 2.45) is 0 Å². The van der Waals surface area contributed by atoms with Gasteiger partial charge in [-0.2, -0.15) is 0 Å². The van der Waals surface area contributed by atoms with E-state index in [-0.39, 0.29) is 11.0 Å². The highest BCUT2D eigenvalue weighted by molar-refractivity contribution is 7.91. The van der Waals surface area contributed by atoms with E-state index in [0.717, 1.165) is 41.9 Å². The van der Waals surface area contributed by atoms with E-state index in [1.54, 1.807) is 17.5 Å². The second-order valence-electron chi connectivity index (χ2n) is 6.05. The smallest absolute Gasteiger partial charge is 0.157 e. The molecule has 1 heterocycles. The molecule has 1 aliphatic rings. The van der Waals surface area contributed by atoms with Gasteiger partial charge in [0.05, 0.1) is 17.5 Å². The molecule has 2 aromatic rings. The van der Waals surface area contributed by atoms with E-state index in [1.807, 2.05) is 29.6 Å². The van der Waals surface area contributed by atoms with Crippen LogP contribution >= 0.6 is 11.3 Å². The molecule has 1 aliphatic carbocycles. The van der Waals surface area contributed by atoms with Gasteiger partial charge >= 0.3 is 0 Å². The molecular weight excluding hydrogens is 328 g/mol. The molecule has 1 saturated carbocycles. The minimum absolute atomic E-state index is 0.143.